The van der Waals surface area contributed by atoms with E-state index in [9.17, 15) is 4.79 Å². The standard InChI is InChI=1S/C9H14N4O2S3/c1-3-15-6(14)4-5-18-9(16)11-7-10-8(17-2)13-12-7/h3-5H2,1-2H3,(H2,10,11,12,13,16). The normalized spacial score (nSPS) is 10.1. The predicted octanol–water partition coefficient (Wildman–Crippen LogP) is 1.91. The first-order valence-electron chi connectivity index (χ1n) is 5.21. The molecule has 1 rings (SSSR count). The molecular formula is C9H14N4O2S3. The van der Waals surface area contributed by atoms with Crippen LogP contribution < -0.4 is 5.32 Å². The van der Waals surface area contributed by atoms with Gasteiger partial charge in [0.15, 0.2) is 0 Å². The first kappa shape index (κ1) is 15.3. The van der Waals surface area contributed by atoms with Crippen molar-refractivity contribution in [2.24, 2.45) is 0 Å². The maximum atomic E-state index is 11.1. The maximum Gasteiger partial charge on any atom is 0.306 e. The van der Waals surface area contributed by atoms with Crippen molar-refractivity contribution in [3.05, 3.63) is 0 Å². The van der Waals surface area contributed by atoms with Gasteiger partial charge in [0.1, 0.15) is 4.32 Å². The molecule has 0 saturated heterocycles. The van der Waals surface area contributed by atoms with Gasteiger partial charge in [-0.3, -0.25) is 4.79 Å². The zero-order valence-electron chi connectivity index (χ0n) is 10.1. The van der Waals surface area contributed by atoms with Gasteiger partial charge >= 0.3 is 5.97 Å². The Balaban J connectivity index is 2.23. The number of nitrogens with one attached hydrogen (secondary N) is 2. The maximum absolute atomic E-state index is 11.1. The van der Waals surface area contributed by atoms with Gasteiger partial charge in [0.25, 0.3) is 0 Å². The van der Waals surface area contributed by atoms with Crippen LogP contribution in [-0.2, 0) is 9.53 Å². The summed E-state index contributed by atoms with van der Waals surface area (Å²) in [4.78, 5) is 15.2. The minimum atomic E-state index is -0.211. The number of aromatic nitrogens is 3. The van der Waals surface area contributed by atoms with Gasteiger partial charge < -0.3 is 10.1 Å². The van der Waals surface area contributed by atoms with Crippen molar-refractivity contribution < 1.29 is 9.53 Å². The zero-order valence-corrected chi connectivity index (χ0v) is 12.5. The number of thiocarbonyl (C=S) groups is 1. The van der Waals surface area contributed by atoms with E-state index in [1.807, 2.05) is 6.26 Å². The van der Waals surface area contributed by atoms with E-state index >= 15 is 0 Å². The third kappa shape index (κ3) is 5.69. The highest BCUT2D eigenvalue weighted by atomic mass is 32.2. The van der Waals surface area contributed by atoms with E-state index in [0.717, 1.165) is 0 Å². The molecule has 0 aromatic carbocycles. The highest BCUT2D eigenvalue weighted by Gasteiger charge is 2.06. The Bertz CT molecular complexity index is 410. The summed E-state index contributed by atoms with van der Waals surface area (Å²) in [5.41, 5.74) is 0. The summed E-state index contributed by atoms with van der Waals surface area (Å²) in [6, 6.07) is 0. The SMILES string of the molecule is CCOC(=O)CCSC(=S)Nc1nc(SC)n[nH]1. The number of aromatic amines is 1. The summed E-state index contributed by atoms with van der Waals surface area (Å²) in [7, 11) is 0. The van der Waals surface area contributed by atoms with Crippen LogP contribution in [0, 0.1) is 0 Å². The smallest absolute Gasteiger partial charge is 0.306 e. The van der Waals surface area contributed by atoms with Crippen molar-refractivity contribution in [2.45, 2.75) is 18.5 Å². The fraction of sp³-hybridized carbons (Fsp3) is 0.556. The molecule has 0 unspecified atom stereocenters. The van der Waals surface area contributed by atoms with Gasteiger partial charge in [-0.1, -0.05) is 35.7 Å². The van der Waals surface area contributed by atoms with E-state index in [1.165, 1.54) is 23.5 Å². The zero-order chi connectivity index (χ0) is 13.4. The molecule has 6 nitrogen and oxygen atoms in total. The van der Waals surface area contributed by atoms with E-state index in [1.54, 1.807) is 6.92 Å². The molecule has 0 fully saturated rings. The lowest BCUT2D eigenvalue weighted by Crippen LogP contribution is -2.09. The first-order chi connectivity index (χ1) is 8.65. The molecule has 0 saturated carbocycles. The Hall–Kier alpha value is -0.800. The number of carbonyl (C=O) groups excluding carboxylic acids is 1. The summed E-state index contributed by atoms with van der Waals surface area (Å²) in [5, 5.41) is 10.2. The lowest BCUT2D eigenvalue weighted by Gasteiger charge is -2.04. The number of rotatable bonds is 6. The van der Waals surface area contributed by atoms with Gasteiger partial charge in [0.2, 0.25) is 11.1 Å². The molecule has 1 aromatic rings. The minimum Gasteiger partial charge on any atom is -0.466 e. The second-order valence-electron chi connectivity index (χ2n) is 2.99. The van der Waals surface area contributed by atoms with Crippen molar-refractivity contribution >= 4 is 52.0 Å². The molecular weight excluding hydrogens is 292 g/mol. The fourth-order valence-corrected chi connectivity index (χ4v) is 2.28. The molecule has 100 valence electrons. The summed E-state index contributed by atoms with van der Waals surface area (Å²) < 4.78 is 5.36. The third-order valence-corrected chi connectivity index (χ3v) is 3.49. The number of thioether (sulfide) groups is 2. The average molecular weight is 306 g/mol. The molecule has 1 aromatic heterocycles. The van der Waals surface area contributed by atoms with Crippen molar-refractivity contribution in [3.63, 3.8) is 0 Å². The summed E-state index contributed by atoms with van der Waals surface area (Å²) >= 11 is 7.91. The van der Waals surface area contributed by atoms with Gasteiger partial charge in [-0.2, -0.15) is 4.98 Å². The van der Waals surface area contributed by atoms with E-state index in [-0.39, 0.29) is 5.97 Å². The first-order valence-corrected chi connectivity index (χ1v) is 7.83. The van der Waals surface area contributed by atoms with Crippen LogP contribution in [0.5, 0.6) is 0 Å². The van der Waals surface area contributed by atoms with Gasteiger partial charge in [-0.25, -0.2) is 5.10 Å². The van der Waals surface area contributed by atoms with Crippen molar-refractivity contribution in [3.8, 4) is 0 Å². The number of ether oxygens (including phenoxy) is 1. The molecule has 0 bridgehead atoms. The summed E-state index contributed by atoms with van der Waals surface area (Å²) in [5.74, 6) is 0.874. The molecule has 0 spiro atoms. The summed E-state index contributed by atoms with van der Waals surface area (Å²) in [6.45, 7) is 2.19. The van der Waals surface area contributed by atoms with E-state index < -0.39 is 0 Å². The summed E-state index contributed by atoms with van der Waals surface area (Å²) in [6.07, 6.45) is 2.23. The van der Waals surface area contributed by atoms with Crippen LogP contribution in [0.15, 0.2) is 5.16 Å². The van der Waals surface area contributed by atoms with Crippen molar-refractivity contribution in [2.75, 3.05) is 23.9 Å². The van der Waals surface area contributed by atoms with E-state index in [2.05, 4.69) is 20.5 Å². The fourth-order valence-electron chi connectivity index (χ4n) is 0.987. The molecule has 0 aliphatic carbocycles. The van der Waals surface area contributed by atoms with Gasteiger partial charge in [0.05, 0.1) is 13.0 Å². The van der Waals surface area contributed by atoms with Crippen LogP contribution in [-0.4, -0.2) is 44.1 Å². The lowest BCUT2D eigenvalue weighted by molar-refractivity contribution is -0.142. The molecule has 1 heterocycles. The predicted molar refractivity (Wildman–Crippen MR) is 78.1 cm³/mol. The topological polar surface area (TPSA) is 79.9 Å². The Morgan fingerprint density at radius 1 is 1.61 bits per heavy atom. The molecule has 0 aliphatic heterocycles. The van der Waals surface area contributed by atoms with Crippen LogP contribution in [0.4, 0.5) is 5.95 Å². The average Bonchev–Trinajstić information content (AvgIpc) is 2.77. The number of hydrogen-bond acceptors (Lipinski definition) is 7. The van der Waals surface area contributed by atoms with E-state index in [0.29, 0.717) is 34.2 Å². The molecule has 0 radical (unpaired) electrons. The third-order valence-electron chi connectivity index (χ3n) is 1.71. The largest absolute Gasteiger partial charge is 0.466 e. The Morgan fingerprint density at radius 3 is 3.00 bits per heavy atom. The van der Waals surface area contributed by atoms with Crippen LogP contribution >= 0.6 is 35.7 Å². The van der Waals surface area contributed by atoms with Crippen LogP contribution in [0.3, 0.4) is 0 Å². The monoisotopic (exact) mass is 306 g/mol. The van der Waals surface area contributed by atoms with Crippen LogP contribution in [0.1, 0.15) is 13.3 Å². The highest BCUT2D eigenvalue weighted by Crippen LogP contribution is 2.12. The van der Waals surface area contributed by atoms with Crippen LogP contribution in [0.2, 0.25) is 0 Å². The Labute approximate surface area is 119 Å². The Kier molecular flexibility index (Phi) is 7.06. The number of carbonyl (C=O) groups is 1. The molecule has 0 amide bonds. The van der Waals surface area contributed by atoms with Crippen molar-refractivity contribution in [1.29, 1.82) is 0 Å². The number of nitrogens with zero attached hydrogens (tertiary/aromatic N) is 2. The van der Waals surface area contributed by atoms with Gasteiger partial charge in [-0.05, 0) is 13.2 Å². The van der Waals surface area contributed by atoms with Gasteiger partial charge in [0, 0.05) is 5.75 Å². The minimum absolute atomic E-state index is 0.211. The van der Waals surface area contributed by atoms with E-state index in [4.69, 9.17) is 17.0 Å². The molecule has 0 atom stereocenters. The number of esters is 1. The number of hydrogen-bond donors (Lipinski definition) is 2. The molecule has 18 heavy (non-hydrogen) atoms. The highest BCUT2D eigenvalue weighted by molar-refractivity contribution is 8.23. The van der Waals surface area contributed by atoms with Crippen LogP contribution in [0.25, 0.3) is 0 Å². The lowest BCUT2D eigenvalue weighted by atomic mass is 10.5. The molecule has 2 N–H and O–H groups in total. The number of anilines is 1. The molecule has 9 heteroatoms. The second-order valence-corrected chi connectivity index (χ2v) is 5.53. The Morgan fingerprint density at radius 2 is 2.39 bits per heavy atom. The second kappa shape index (κ2) is 8.33. The molecule has 0 aliphatic rings. The van der Waals surface area contributed by atoms with Crippen molar-refractivity contribution in [1.82, 2.24) is 15.2 Å². The quantitative estimate of drug-likeness (QED) is 0.469. The van der Waals surface area contributed by atoms with Gasteiger partial charge in [-0.15, -0.1) is 5.10 Å². The number of H-pyrrole nitrogens is 1.